The van der Waals surface area contributed by atoms with E-state index in [1.54, 1.807) is 0 Å². The molecule has 27 heavy (non-hydrogen) atoms. The summed E-state index contributed by atoms with van der Waals surface area (Å²) >= 11 is 6.15. The molecule has 2 aromatic heterocycles. The number of hydrogen-bond donors (Lipinski definition) is 1. The van der Waals surface area contributed by atoms with E-state index >= 15 is 0 Å². The number of benzene rings is 1. The first kappa shape index (κ1) is 18.5. The number of aryl methyl sites for hydroxylation is 4. The molecule has 4 nitrogen and oxygen atoms in total. The molecule has 2 heterocycles. The maximum atomic E-state index is 6.15. The van der Waals surface area contributed by atoms with E-state index in [2.05, 4.69) is 38.2 Å². The summed E-state index contributed by atoms with van der Waals surface area (Å²) in [5, 5.41) is 9.17. The van der Waals surface area contributed by atoms with Gasteiger partial charge in [0.15, 0.2) is 5.65 Å². The van der Waals surface area contributed by atoms with Crippen LogP contribution in [-0.2, 0) is 6.42 Å². The zero-order valence-corrected chi connectivity index (χ0v) is 17.1. The molecule has 1 N–H and O–H groups in total. The highest BCUT2D eigenvalue weighted by Gasteiger charge is 2.20. The molecule has 0 unspecified atom stereocenters. The van der Waals surface area contributed by atoms with Gasteiger partial charge in [0, 0.05) is 22.0 Å². The average Bonchev–Trinajstić information content (AvgIpc) is 3.38. The van der Waals surface area contributed by atoms with Crippen LogP contribution in [0.15, 0.2) is 24.3 Å². The van der Waals surface area contributed by atoms with Gasteiger partial charge >= 0.3 is 0 Å². The molecule has 4 rings (SSSR count). The van der Waals surface area contributed by atoms with Crippen LogP contribution in [0.2, 0.25) is 5.02 Å². The van der Waals surface area contributed by atoms with Gasteiger partial charge in [0.25, 0.3) is 0 Å². The van der Waals surface area contributed by atoms with Gasteiger partial charge in [-0.1, -0.05) is 17.7 Å². The number of aromatic nitrogens is 3. The predicted octanol–water partition coefficient (Wildman–Crippen LogP) is 4.91. The van der Waals surface area contributed by atoms with Gasteiger partial charge in [-0.25, -0.2) is 9.50 Å². The van der Waals surface area contributed by atoms with Crippen LogP contribution in [0.4, 0.5) is 0 Å². The van der Waals surface area contributed by atoms with Crippen LogP contribution < -0.4 is 5.32 Å². The van der Waals surface area contributed by atoms with E-state index in [1.807, 2.05) is 16.6 Å². The minimum Gasteiger partial charge on any atom is -0.316 e. The lowest BCUT2D eigenvalue weighted by atomic mass is 10.0. The van der Waals surface area contributed by atoms with Gasteiger partial charge < -0.3 is 5.32 Å². The molecule has 1 aromatic carbocycles. The predicted molar refractivity (Wildman–Crippen MR) is 112 cm³/mol. The topological polar surface area (TPSA) is 42.2 Å². The smallest absolute Gasteiger partial charge is 0.163 e. The largest absolute Gasteiger partial charge is 0.316 e. The molecule has 0 spiro atoms. The Bertz CT molecular complexity index is 972. The molecule has 142 valence electrons. The van der Waals surface area contributed by atoms with Crippen LogP contribution >= 0.6 is 11.6 Å². The van der Waals surface area contributed by atoms with E-state index in [0.717, 1.165) is 64.1 Å². The summed E-state index contributed by atoms with van der Waals surface area (Å²) in [6, 6.07) is 8.18. The van der Waals surface area contributed by atoms with Crippen molar-refractivity contribution in [1.82, 2.24) is 19.9 Å². The van der Waals surface area contributed by atoms with Crippen LogP contribution in [0.25, 0.3) is 16.8 Å². The maximum Gasteiger partial charge on any atom is 0.163 e. The van der Waals surface area contributed by atoms with E-state index in [4.69, 9.17) is 21.7 Å². The lowest BCUT2D eigenvalue weighted by molar-refractivity contribution is 0.606. The zero-order valence-electron chi connectivity index (χ0n) is 16.3. The summed E-state index contributed by atoms with van der Waals surface area (Å²) in [7, 11) is 0. The van der Waals surface area contributed by atoms with Crippen molar-refractivity contribution in [3.8, 4) is 11.1 Å². The number of fused-ring (bicyclic) bond motifs is 1. The van der Waals surface area contributed by atoms with Crippen molar-refractivity contribution in [2.24, 2.45) is 5.92 Å². The van der Waals surface area contributed by atoms with Crippen LogP contribution in [0.5, 0.6) is 0 Å². The van der Waals surface area contributed by atoms with Crippen molar-refractivity contribution >= 4 is 17.2 Å². The summed E-state index contributed by atoms with van der Waals surface area (Å²) in [4.78, 5) is 4.82. The zero-order chi connectivity index (χ0) is 19.0. The molecular weight excluding hydrogens is 356 g/mol. The summed E-state index contributed by atoms with van der Waals surface area (Å²) in [5.74, 6) is 0.929. The highest BCUT2D eigenvalue weighted by molar-refractivity contribution is 6.30. The minimum absolute atomic E-state index is 0.758. The minimum atomic E-state index is 0.758. The molecule has 0 bridgehead atoms. The van der Waals surface area contributed by atoms with Gasteiger partial charge in [-0.05, 0) is 94.8 Å². The molecule has 3 aromatic rings. The fourth-order valence-corrected chi connectivity index (χ4v) is 3.97. The fourth-order valence-electron chi connectivity index (χ4n) is 3.74. The van der Waals surface area contributed by atoms with Gasteiger partial charge in [0.05, 0.1) is 5.69 Å². The second-order valence-corrected chi connectivity index (χ2v) is 8.23. The van der Waals surface area contributed by atoms with Crippen LogP contribution in [0.3, 0.4) is 0 Å². The second-order valence-electron chi connectivity index (χ2n) is 7.79. The third-order valence-corrected chi connectivity index (χ3v) is 5.58. The fraction of sp³-hybridized carbons (Fsp3) is 0.455. The van der Waals surface area contributed by atoms with Gasteiger partial charge in [0.1, 0.15) is 0 Å². The summed E-state index contributed by atoms with van der Waals surface area (Å²) in [5.41, 5.74) is 7.63. The quantitative estimate of drug-likeness (QED) is 0.590. The van der Waals surface area contributed by atoms with E-state index < -0.39 is 0 Å². The van der Waals surface area contributed by atoms with Crippen molar-refractivity contribution in [3.63, 3.8) is 0 Å². The Hall–Kier alpha value is -1.91. The molecule has 0 amide bonds. The summed E-state index contributed by atoms with van der Waals surface area (Å²) in [6.07, 6.45) is 4.91. The number of nitrogens with one attached hydrogen (secondary N) is 1. The van der Waals surface area contributed by atoms with Crippen molar-refractivity contribution in [1.29, 1.82) is 0 Å². The highest BCUT2D eigenvalue weighted by Crippen LogP contribution is 2.32. The number of hydrogen-bond acceptors (Lipinski definition) is 3. The summed E-state index contributed by atoms with van der Waals surface area (Å²) in [6.45, 7) is 8.45. The van der Waals surface area contributed by atoms with Gasteiger partial charge in [-0.15, -0.1) is 0 Å². The Kier molecular flexibility index (Phi) is 5.20. The lowest BCUT2D eigenvalue weighted by Crippen LogP contribution is -2.19. The second kappa shape index (κ2) is 7.61. The van der Waals surface area contributed by atoms with Crippen molar-refractivity contribution in [2.45, 2.75) is 46.5 Å². The highest BCUT2D eigenvalue weighted by atomic mass is 35.5. The van der Waals surface area contributed by atoms with Gasteiger partial charge in [-0.2, -0.15) is 5.10 Å². The number of rotatable bonds is 7. The molecule has 1 aliphatic carbocycles. The van der Waals surface area contributed by atoms with Gasteiger partial charge in [-0.3, -0.25) is 0 Å². The molecule has 1 aliphatic rings. The maximum absolute atomic E-state index is 6.15. The van der Waals surface area contributed by atoms with Crippen molar-refractivity contribution in [2.75, 3.05) is 13.1 Å². The Morgan fingerprint density at radius 2 is 2.00 bits per heavy atom. The molecule has 0 aliphatic heterocycles. The standard InChI is InChI=1S/C22H27ClN4/c1-14-11-18(23)8-9-20(14)21-16(3)26-27-19(12-15(2)25-22(21)27)5-4-10-24-13-17-6-7-17/h8-9,11-12,17,24H,4-7,10,13H2,1-3H3. The molecule has 0 radical (unpaired) electrons. The first-order chi connectivity index (χ1) is 13.0. The molecule has 0 saturated heterocycles. The first-order valence-corrected chi connectivity index (χ1v) is 10.2. The normalized spacial score (nSPS) is 14.2. The SMILES string of the molecule is Cc1cc(CCCNCC2CC2)n2nc(C)c(-c3ccc(Cl)cc3C)c2n1. The molecule has 0 atom stereocenters. The average molecular weight is 383 g/mol. The molecule has 1 fully saturated rings. The third kappa shape index (κ3) is 4.02. The molecular formula is C22H27ClN4. The Labute approximate surface area is 166 Å². The Balaban J connectivity index is 1.63. The Morgan fingerprint density at radius 1 is 1.19 bits per heavy atom. The molecule has 5 heteroatoms. The number of halogens is 1. The van der Waals surface area contributed by atoms with Crippen LogP contribution in [0.1, 0.15) is 41.9 Å². The Morgan fingerprint density at radius 3 is 2.74 bits per heavy atom. The first-order valence-electron chi connectivity index (χ1n) is 9.86. The van der Waals surface area contributed by atoms with E-state index in [-0.39, 0.29) is 0 Å². The van der Waals surface area contributed by atoms with Crippen molar-refractivity contribution in [3.05, 3.63) is 51.9 Å². The van der Waals surface area contributed by atoms with Crippen molar-refractivity contribution < 1.29 is 0 Å². The van der Waals surface area contributed by atoms with Crippen LogP contribution in [0, 0.1) is 26.7 Å². The van der Waals surface area contributed by atoms with Crippen LogP contribution in [-0.4, -0.2) is 27.7 Å². The molecule has 1 saturated carbocycles. The number of nitrogens with zero attached hydrogens (tertiary/aromatic N) is 3. The lowest BCUT2D eigenvalue weighted by Gasteiger charge is -2.09. The third-order valence-electron chi connectivity index (χ3n) is 5.34. The van der Waals surface area contributed by atoms with E-state index in [0.29, 0.717) is 0 Å². The van der Waals surface area contributed by atoms with E-state index in [1.165, 1.54) is 25.1 Å². The monoisotopic (exact) mass is 382 g/mol. The van der Waals surface area contributed by atoms with E-state index in [9.17, 15) is 0 Å². The summed E-state index contributed by atoms with van der Waals surface area (Å²) < 4.78 is 2.03. The van der Waals surface area contributed by atoms with Gasteiger partial charge in [0.2, 0.25) is 0 Å².